The van der Waals surface area contributed by atoms with E-state index in [4.69, 9.17) is 5.10 Å². The maximum Gasteiger partial charge on any atom is 0.122 e. The smallest absolute Gasteiger partial charge is 0.122 e. The molecule has 2 aliphatic carbocycles. The molecule has 0 aliphatic heterocycles. The third kappa shape index (κ3) is 4.23. The molecular formula is C24H29FN2. The lowest BCUT2D eigenvalue weighted by Gasteiger charge is -2.27. The van der Waals surface area contributed by atoms with Crippen molar-refractivity contribution < 1.29 is 4.39 Å². The highest BCUT2D eigenvalue weighted by Crippen LogP contribution is 2.34. The Bertz CT molecular complexity index is 810. The number of nitrogens with zero attached hydrogens (tertiary/aromatic N) is 2. The van der Waals surface area contributed by atoms with Crippen LogP contribution in [-0.2, 0) is 6.54 Å². The van der Waals surface area contributed by atoms with E-state index in [0.717, 1.165) is 40.8 Å². The molecule has 4 rings (SSSR count). The number of halogens is 1. The normalized spacial score (nSPS) is 25.4. The van der Waals surface area contributed by atoms with Crippen LogP contribution in [0.15, 0.2) is 54.8 Å². The Hall–Kier alpha value is -2.16. The van der Waals surface area contributed by atoms with E-state index in [9.17, 15) is 4.39 Å². The van der Waals surface area contributed by atoms with Crippen molar-refractivity contribution in [2.75, 3.05) is 0 Å². The molecule has 1 heterocycles. The van der Waals surface area contributed by atoms with E-state index < -0.39 is 6.17 Å². The van der Waals surface area contributed by atoms with Crippen molar-refractivity contribution >= 4 is 5.57 Å². The predicted molar refractivity (Wildman–Crippen MR) is 110 cm³/mol. The van der Waals surface area contributed by atoms with Crippen molar-refractivity contribution in [1.82, 2.24) is 9.78 Å². The van der Waals surface area contributed by atoms with Gasteiger partial charge in [0, 0.05) is 30.3 Å². The molecule has 0 bridgehead atoms. The van der Waals surface area contributed by atoms with E-state index in [2.05, 4.69) is 29.9 Å². The van der Waals surface area contributed by atoms with Crippen LogP contribution in [0.25, 0.3) is 16.8 Å². The number of hydrogen-bond donors (Lipinski definition) is 0. The zero-order valence-corrected chi connectivity index (χ0v) is 16.2. The Kier molecular flexibility index (Phi) is 5.56. The van der Waals surface area contributed by atoms with Gasteiger partial charge < -0.3 is 0 Å². The molecule has 1 unspecified atom stereocenters. The highest BCUT2D eigenvalue weighted by atomic mass is 19.1. The van der Waals surface area contributed by atoms with Gasteiger partial charge in [-0.15, -0.1) is 0 Å². The lowest BCUT2D eigenvalue weighted by atomic mass is 9.81. The summed E-state index contributed by atoms with van der Waals surface area (Å²) in [5.74, 6) is 1.63. The largest absolute Gasteiger partial charge is 0.271 e. The molecule has 0 saturated heterocycles. The molecule has 2 aromatic rings. The predicted octanol–water partition coefficient (Wildman–Crippen LogP) is 6.45. The molecule has 0 N–H and O–H groups in total. The van der Waals surface area contributed by atoms with Crippen LogP contribution in [0.1, 0.15) is 51.0 Å². The molecule has 1 fully saturated rings. The monoisotopic (exact) mass is 364 g/mol. The van der Waals surface area contributed by atoms with Gasteiger partial charge in [0.2, 0.25) is 0 Å². The lowest BCUT2D eigenvalue weighted by molar-refractivity contribution is 0.242. The summed E-state index contributed by atoms with van der Waals surface area (Å²) < 4.78 is 15.6. The van der Waals surface area contributed by atoms with Crippen molar-refractivity contribution in [3.8, 4) is 11.3 Å². The summed E-state index contributed by atoms with van der Waals surface area (Å²) >= 11 is 0. The quantitative estimate of drug-likeness (QED) is 0.596. The van der Waals surface area contributed by atoms with Crippen LogP contribution in [0.2, 0.25) is 0 Å². The molecule has 1 aromatic carbocycles. The standard InChI is InChI=1S/C24H29FN2/c1-2-18-8-10-19(11-9-18)16-27-17-23(20-12-14-22(25)15-13-20)24(26-27)21-6-4-3-5-7-21/h3-7,12-14,17-19,22H,2,8-11,15-16H2,1H3. The number of aromatic nitrogens is 2. The zero-order chi connectivity index (χ0) is 18.6. The maximum atomic E-state index is 13.5. The number of benzene rings is 1. The van der Waals surface area contributed by atoms with Crippen molar-refractivity contribution in [3.63, 3.8) is 0 Å². The molecule has 3 heteroatoms. The fourth-order valence-electron chi connectivity index (χ4n) is 4.42. The van der Waals surface area contributed by atoms with E-state index in [1.807, 2.05) is 30.4 Å². The molecule has 0 amide bonds. The number of hydrogen-bond acceptors (Lipinski definition) is 1. The van der Waals surface area contributed by atoms with Crippen LogP contribution >= 0.6 is 0 Å². The van der Waals surface area contributed by atoms with Crippen LogP contribution in [0.5, 0.6) is 0 Å². The molecule has 1 saturated carbocycles. The Morgan fingerprint density at radius 3 is 2.48 bits per heavy atom. The molecule has 0 spiro atoms. The van der Waals surface area contributed by atoms with E-state index in [1.165, 1.54) is 32.1 Å². The van der Waals surface area contributed by atoms with Crippen molar-refractivity contribution in [2.45, 2.75) is 58.2 Å². The SMILES string of the molecule is CCC1CCC(Cn2cc(C3=CCC(F)C=C3)c(-c3ccccc3)n2)CC1. The van der Waals surface area contributed by atoms with Gasteiger partial charge in [0.1, 0.15) is 11.9 Å². The first-order valence-corrected chi connectivity index (χ1v) is 10.4. The van der Waals surface area contributed by atoms with Gasteiger partial charge in [0.25, 0.3) is 0 Å². The average Bonchev–Trinajstić information content (AvgIpc) is 3.13. The van der Waals surface area contributed by atoms with Gasteiger partial charge in [-0.3, -0.25) is 4.68 Å². The Balaban J connectivity index is 1.59. The van der Waals surface area contributed by atoms with Gasteiger partial charge in [-0.1, -0.05) is 68.7 Å². The summed E-state index contributed by atoms with van der Waals surface area (Å²) in [6.07, 6.45) is 14.0. The average molecular weight is 365 g/mol. The first kappa shape index (κ1) is 18.2. The summed E-state index contributed by atoms with van der Waals surface area (Å²) in [5, 5.41) is 4.96. The topological polar surface area (TPSA) is 17.8 Å². The summed E-state index contributed by atoms with van der Waals surface area (Å²) in [5.41, 5.74) is 4.33. The zero-order valence-electron chi connectivity index (χ0n) is 16.2. The van der Waals surface area contributed by atoms with Gasteiger partial charge in [-0.25, -0.2) is 4.39 Å². The number of alkyl halides is 1. The van der Waals surface area contributed by atoms with Crippen LogP contribution in [0.4, 0.5) is 4.39 Å². The van der Waals surface area contributed by atoms with Gasteiger partial charge >= 0.3 is 0 Å². The van der Waals surface area contributed by atoms with Crippen LogP contribution in [0, 0.1) is 11.8 Å². The van der Waals surface area contributed by atoms with Crippen molar-refractivity contribution in [1.29, 1.82) is 0 Å². The van der Waals surface area contributed by atoms with Gasteiger partial charge in [-0.05, 0) is 36.3 Å². The third-order valence-corrected chi connectivity index (χ3v) is 6.16. The fraction of sp³-hybridized carbons (Fsp3) is 0.458. The van der Waals surface area contributed by atoms with Gasteiger partial charge in [0.05, 0.1) is 0 Å². The molecule has 0 radical (unpaired) electrons. The van der Waals surface area contributed by atoms with E-state index in [0.29, 0.717) is 6.42 Å². The molecule has 2 nitrogen and oxygen atoms in total. The Morgan fingerprint density at radius 1 is 1.07 bits per heavy atom. The molecule has 1 atom stereocenters. The van der Waals surface area contributed by atoms with Crippen LogP contribution in [0.3, 0.4) is 0 Å². The number of allylic oxidation sites excluding steroid dienone is 4. The third-order valence-electron chi connectivity index (χ3n) is 6.16. The van der Waals surface area contributed by atoms with Gasteiger partial charge in [-0.2, -0.15) is 5.10 Å². The Morgan fingerprint density at radius 2 is 1.81 bits per heavy atom. The summed E-state index contributed by atoms with van der Waals surface area (Å²) in [7, 11) is 0. The second-order valence-electron chi connectivity index (χ2n) is 8.04. The van der Waals surface area contributed by atoms with Crippen LogP contribution < -0.4 is 0 Å². The summed E-state index contributed by atoms with van der Waals surface area (Å²) in [6, 6.07) is 10.3. The molecule has 27 heavy (non-hydrogen) atoms. The van der Waals surface area contributed by atoms with Crippen LogP contribution in [-0.4, -0.2) is 16.0 Å². The second kappa shape index (κ2) is 8.24. The second-order valence-corrected chi connectivity index (χ2v) is 8.04. The lowest BCUT2D eigenvalue weighted by Crippen LogP contribution is -2.19. The molecule has 2 aliphatic rings. The van der Waals surface area contributed by atoms with Crippen molar-refractivity contribution in [2.24, 2.45) is 11.8 Å². The first-order chi connectivity index (χ1) is 13.2. The highest BCUT2D eigenvalue weighted by Gasteiger charge is 2.22. The first-order valence-electron chi connectivity index (χ1n) is 10.4. The fourth-order valence-corrected chi connectivity index (χ4v) is 4.42. The molecular weight excluding hydrogens is 335 g/mol. The van der Waals surface area contributed by atoms with E-state index in [-0.39, 0.29) is 0 Å². The van der Waals surface area contributed by atoms with E-state index >= 15 is 0 Å². The summed E-state index contributed by atoms with van der Waals surface area (Å²) in [4.78, 5) is 0. The molecule has 1 aromatic heterocycles. The summed E-state index contributed by atoms with van der Waals surface area (Å²) in [6.45, 7) is 3.29. The molecule has 142 valence electrons. The van der Waals surface area contributed by atoms with Gasteiger partial charge in [0.15, 0.2) is 0 Å². The van der Waals surface area contributed by atoms with E-state index in [1.54, 1.807) is 6.08 Å². The minimum atomic E-state index is -0.863. The highest BCUT2D eigenvalue weighted by molar-refractivity contribution is 5.84. The minimum absolute atomic E-state index is 0.451. The number of rotatable bonds is 5. The maximum absolute atomic E-state index is 13.5. The minimum Gasteiger partial charge on any atom is -0.271 e. The van der Waals surface area contributed by atoms with Crippen molar-refractivity contribution in [3.05, 3.63) is 60.3 Å². The Labute approximate surface area is 161 Å².